The highest BCUT2D eigenvalue weighted by Gasteiger charge is 2.23. The molecule has 0 spiro atoms. The van der Waals surface area contributed by atoms with Crippen LogP contribution in [0.15, 0.2) is 0 Å². The van der Waals surface area contributed by atoms with Gasteiger partial charge in [0.2, 0.25) is 5.91 Å². The van der Waals surface area contributed by atoms with E-state index >= 15 is 0 Å². The van der Waals surface area contributed by atoms with E-state index in [0.29, 0.717) is 11.8 Å². The fraction of sp³-hybridized carbons (Fsp3) is 0.833. The Morgan fingerprint density at radius 3 is 2.29 bits per heavy atom. The van der Waals surface area contributed by atoms with Crippen LogP contribution in [-0.4, -0.2) is 23.9 Å². The zero-order valence-corrected chi connectivity index (χ0v) is 8.87. The predicted molar refractivity (Wildman–Crippen MR) is 56.7 cm³/mol. The molecule has 0 N–H and O–H groups in total. The molecular weight excluding hydrogens is 174 g/mol. The van der Waals surface area contributed by atoms with Crippen molar-refractivity contribution in [1.29, 1.82) is 0 Å². The van der Waals surface area contributed by atoms with Crippen molar-refractivity contribution in [3.8, 4) is 0 Å². The average molecular weight is 194 g/mol. The molecule has 14 heavy (non-hydrogen) atoms. The van der Waals surface area contributed by atoms with Crippen LogP contribution < -0.4 is 0 Å². The fourth-order valence-corrected chi connectivity index (χ4v) is 2.55. The number of likely N-dealkylation sites (tertiary alicyclic amines) is 1. The van der Waals surface area contributed by atoms with E-state index < -0.39 is 0 Å². The van der Waals surface area contributed by atoms with Crippen molar-refractivity contribution < 1.29 is 4.79 Å². The Balaban J connectivity index is 1.75. The summed E-state index contributed by atoms with van der Waals surface area (Å²) in [5.41, 5.74) is 0. The molecule has 0 aromatic carbocycles. The molecule has 2 rings (SSSR count). The van der Waals surface area contributed by atoms with Gasteiger partial charge in [-0.05, 0) is 31.6 Å². The molecular formula is C12H20NO. The summed E-state index contributed by atoms with van der Waals surface area (Å²) in [5.74, 6) is 0.881. The van der Waals surface area contributed by atoms with E-state index in [0.717, 1.165) is 13.1 Å². The van der Waals surface area contributed by atoms with Crippen LogP contribution in [0.4, 0.5) is 0 Å². The highest BCUT2D eigenvalue weighted by molar-refractivity contribution is 5.85. The maximum Gasteiger partial charge on any atom is 0.226 e. The zero-order chi connectivity index (χ0) is 9.80. The lowest BCUT2D eigenvalue weighted by atomic mass is 9.87. The predicted octanol–water partition coefficient (Wildman–Crippen LogP) is 2.39. The van der Waals surface area contributed by atoms with Crippen LogP contribution >= 0.6 is 0 Å². The lowest BCUT2D eigenvalue weighted by Crippen LogP contribution is -2.30. The third-order valence-corrected chi connectivity index (χ3v) is 3.45. The largest absolute Gasteiger partial charge is 0.342 e. The third-order valence-electron chi connectivity index (χ3n) is 3.45. The first-order chi connectivity index (χ1) is 6.86. The SMILES string of the molecule is O=C([CH]C1CCCCC1)N1CCCC1. The minimum Gasteiger partial charge on any atom is -0.342 e. The van der Waals surface area contributed by atoms with Gasteiger partial charge in [0.1, 0.15) is 0 Å². The van der Waals surface area contributed by atoms with Crippen molar-refractivity contribution in [2.75, 3.05) is 13.1 Å². The molecule has 1 aliphatic carbocycles. The van der Waals surface area contributed by atoms with E-state index in [9.17, 15) is 4.79 Å². The molecule has 1 heterocycles. The lowest BCUT2D eigenvalue weighted by molar-refractivity contribution is -0.127. The van der Waals surface area contributed by atoms with E-state index in [2.05, 4.69) is 0 Å². The van der Waals surface area contributed by atoms with Crippen molar-refractivity contribution in [3.05, 3.63) is 6.42 Å². The second-order valence-corrected chi connectivity index (χ2v) is 4.60. The standard InChI is InChI=1S/C12H20NO/c14-12(13-8-4-5-9-13)10-11-6-2-1-3-7-11/h10-11H,1-9H2. The van der Waals surface area contributed by atoms with Gasteiger partial charge in [0.05, 0.1) is 6.42 Å². The minimum atomic E-state index is 0.300. The number of rotatable bonds is 2. The van der Waals surface area contributed by atoms with Crippen molar-refractivity contribution in [3.63, 3.8) is 0 Å². The van der Waals surface area contributed by atoms with Crippen LogP contribution in [0.1, 0.15) is 44.9 Å². The highest BCUT2D eigenvalue weighted by Crippen LogP contribution is 2.26. The summed E-state index contributed by atoms with van der Waals surface area (Å²) >= 11 is 0. The molecule has 1 radical (unpaired) electrons. The van der Waals surface area contributed by atoms with Gasteiger partial charge < -0.3 is 4.90 Å². The number of carbonyl (C=O) groups excluding carboxylic acids is 1. The molecule has 0 aromatic rings. The fourth-order valence-electron chi connectivity index (χ4n) is 2.55. The Labute approximate surface area is 86.7 Å². The van der Waals surface area contributed by atoms with Gasteiger partial charge in [0.15, 0.2) is 0 Å². The first-order valence-corrected chi connectivity index (χ1v) is 6.00. The van der Waals surface area contributed by atoms with Crippen molar-refractivity contribution in [2.45, 2.75) is 44.9 Å². The first kappa shape index (κ1) is 10.0. The second kappa shape index (κ2) is 4.81. The average Bonchev–Trinajstić information content (AvgIpc) is 2.72. The third kappa shape index (κ3) is 2.49. The maximum absolute atomic E-state index is 11.8. The molecule has 1 saturated heterocycles. The highest BCUT2D eigenvalue weighted by atomic mass is 16.2. The quantitative estimate of drug-likeness (QED) is 0.661. The summed E-state index contributed by atoms with van der Waals surface area (Å²) in [7, 11) is 0. The number of hydrogen-bond acceptors (Lipinski definition) is 1. The van der Waals surface area contributed by atoms with Gasteiger partial charge in [-0.2, -0.15) is 0 Å². The van der Waals surface area contributed by atoms with E-state index in [-0.39, 0.29) is 0 Å². The minimum absolute atomic E-state index is 0.300. The summed E-state index contributed by atoms with van der Waals surface area (Å²) in [4.78, 5) is 13.8. The number of amides is 1. The molecule has 0 bridgehead atoms. The number of hydrogen-bond donors (Lipinski definition) is 0. The summed E-state index contributed by atoms with van der Waals surface area (Å²) < 4.78 is 0. The maximum atomic E-state index is 11.8. The Bertz CT molecular complexity index is 190. The van der Waals surface area contributed by atoms with Crippen LogP contribution in [0.25, 0.3) is 0 Å². The Morgan fingerprint density at radius 1 is 1.00 bits per heavy atom. The molecule has 79 valence electrons. The topological polar surface area (TPSA) is 20.3 Å². The van der Waals surface area contributed by atoms with Crippen molar-refractivity contribution >= 4 is 5.91 Å². The summed E-state index contributed by atoms with van der Waals surface area (Å²) in [5, 5.41) is 0. The van der Waals surface area contributed by atoms with Gasteiger partial charge in [-0.25, -0.2) is 0 Å². The van der Waals surface area contributed by atoms with Gasteiger partial charge in [-0.3, -0.25) is 4.79 Å². The smallest absolute Gasteiger partial charge is 0.226 e. The summed E-state index contributed by atoms with van der Waals surface area (Å²) in [6.07, 6.45) is 10.9. The summed E-state index contributed by atoms with van der Waals surface area (Å²) in [6, 6.07) is 0. The monoisotopic (exact) mass is 194 g/mol. The molecule has 2 aliphatic rings. The molecule has 0 atom stereocenters. The van der Waals surface area contributed by atoms with Gasteiger partial charge >= 0.3 is 0 Å². The van der Waals surface area contributed by atoms with Crippen LogP contribution in [0, 0.1) is 12.3 Å². The Hall–Kier alpha value is -0.530. The zero-order valence-electron chi connectivity index (χ0n) is 8.87. The van der Waals surface area contributed by atoms with Gasteiger partial charge in [0, 0.05) is 13.1 Å². The van der Waals surface area contributed by atoms with Crippen LogP contribution in [0.5, 0.6) is 0 Å². The molecule has 1 aliphatic heterocycles. The second-order valence-electron chi connectivity index (χ2n) is 4.60. The molecule has 2 heteroatoms. The van der Waals surface area contributed by atoms with E-state index in [1.165, 1.54) is 44.9 Å². The van der Waals surface area contributed by atoms with Crippen LogP contribution in [0.3, 0.4) is 0 Å². The molecule has 0 aromatic heterocycles. The van der Waals surface area contributed by atoms with Crippen LogP contribution in [0.2, 0.25) is 0 Å². The Kier molecular flexibility index (Phi) is 3.44. The van der Waals surface area contributed by atoms with Crippen LogP contribution in [-0.2, 0) is 4.79 Å². The molecule has 0 unspecified atom stereocenters. The van der Waals surface area contributed by atoms with E-state index in [1.54, 1.807) is 0 Å². The Morgan fingerprint density at radius 2 is 1.64 bits per heavy atom. The van der Waals surface area contributed by atoms with E-state index in [1.807, 2.05) is 11.3 Å². The first-order valence-electron chi connectivity index (χ1n) is 6.00. The lowest BCUT2D eigenvalue weighted by Gasteiger charge is -2.23. The summed E-state index contributed by atoms with van der Waals surface area (Å²) in [6.45, 7) is 1.98. The van der Waals surface area contributed by atoms with Gasteiger partial charge in [-0.1, -0.05) is 19.3 Å². The molecule has 1 saturated carbocycles. The molecule has 2 nitrogen and oxygen atoms in total. The number of carbonyl (C=O) groups is 1. The normalized spacial score (nSPS) is 24.1. The molecule has 1 amide bonds. The molecule has 2 fully saturated rings. The van der Waals surface area contributed by atoms with E-state index in [4.69, 9.17) is 0 Å². The van der Waals surface area contributed by atoms with Crippen molar-refractivity contribution in [2.24, 2.45) is 5.92 Å². The number of nitrogens with zero attached hydrogens (tertiary/aromatic N) is 1. The van der Waals surface area contributed by atoms with Gasteiger partial charge in [-0.15, -0.1) is 0 Å². The van der Waals surface area contributed by atoms with Crippen molar-refractivity contribution in [1.82, 2.24) is 4.90 Å². The van der Waals surface area contributed by atoms with Gasteiger partial charge in [0.25, 0.3) is 0 Å².